The number of alkyl halides is 1. The largest absolute Gasteiger partial charge is 0.379 e. The van der Waals surface area contributed by atoms with E-state index in [4.69, 9.17) is 22.1 Å². The van der Waals surface area contributed by atoms with Crippen LogP contribution in [-0.2, 0) is 4.74 Å². The van der Waals surface area contributed by atoms with E-state index in [9.17, 15) is 0 Å². The van der Waals surface area contributed by atoms with Crippen molar-refractivity contribution in [2.45, 2.75) is 31.1 Å². The standard InChI is InChI=1S/C12H22ClN5O/c13-3-1-9(14)6-15-11-5-12(17-8-16-11)18-10-2-4-19-7-10/h5,8-11,15,18H,1-4,6-7,14H2,(H,16,17). The van der Waals surface area contributed by atoms with Crippen molar-refractivity contribution in [1.29, 1.82) is 0 Å². The number of nitrogens with two attached hydrogens (primary N) is 1. The summed E-state index contributed by atoms with van der Waals surface area (Å²) in [5.74, 6) is 1.55. The molecule has 0 aromatic heterocycles. The minimum absolute atomic E-state index is 0.0487. The van der Waals surface area contributed by atoms with Crippen LogP contribution in [0.15, 0.2) is 16.9 Å². The van der Waals surface area contributed by atoms with Gasteiger partial charge in [0.2, 0.25) is 0 Å². The molecule has 2 rings (SSSR count). The van der Waals surface area contributed by atoms with Crippen LogP contribution in [0.2, 0.25) is 0 Å². The molecule has 19 heavy (non-hydrogen) atoms. The zero-order valence-corrected chi connectivity index (χ0v) is 11.7. The van der Waals surface area contributed by atoms with Crippen LogP contribution in [0.25, 0.3) is 0 Å². The van der Waals surface area contributed by atoms with Gasteiger partial charge in [0.05, 0.1) is 19.0 Å². The topological polar surface area (TPSA) is 83.7 Å². The monoisotopic (exact) mass is 287 g/mol. The van der Waals surface area contributed by atoms with Gasteiger partial charge in [0, 0.05) is 25.1 Å². The molecule has 5 N–H and O–H groups in total. The molecule has 0 radical (unpaired) electrons. The summed E-state index contributed by atoms with van der Waals surface area (Å²) in [6.07, 6.45) is 5.51. The van der Waals surface area contributed by atoms with E-state index in [1.165, 1.54) is 0 Å². The molecule has 0 saturated carbocycles. The number of nitrogens with one attached hydrogen (secondary N) is 3. The van der Waals surface area contributed by atoms with Crippen molar-refractivity contribution in [2.75, 3.05) is 25.6 Å². The Hall–Kier alpha value is -0.820. The van der Waals surface area contributed by atoms with Gasteiger partial charge < -0.3 is 21.1 Å². The molecular formula is C12H22ClN5O. The quantitative estimate of drug-likeness (QED) is 0.484. The van der Waals surface area contributed by atoms with Crippen molar-refractivity contribution >= 4 is 17.9 Å². The SMILES string of the molecule is NC(CCCl)CNC1C=C(NC2CCOC2)NC=N1. The van der Waals surface area contributed by atoms with Crippen LogP contribution in [0.1, 0.15) is 12.8 Å². The van der Waals surface area contributed by atoms with E-state index < -0.39 is 0 Å². The Morgan fingerprint density at radius 2 is 2.53 bits per heavy atom. The molecule has 0 aliphatic carbocycles. The second-order valence-electron chi connectivity index (χ2n) is 4.80. The van der Waals surface area contributed by atoms with Gasteiger partial charge in [0.1, 0.15) is 12.0 Å². The number of hydrogen-bond acceptors (Lipinski definition) is 6. The van der Waals surface area contributed by atoms with Gasteiger partial charge in [-0.2, -0.15) is 0 Å². The number of rotatable bonds is 7. The summed E-state index contributed by atoms with van der Waals surface area (Å²) in [5, 5.41) is 9.79. The van der Waals surface area contributed by atoms with E-state index in [1.807, 2.05) is 6.08 Å². The van der Waals surface area contributed by atoms with E-state index in [1.54, 1.807) is 6.34 Å². The van der Waals surface area contributed by atoms with Crippen molar-refractivity contribution < 1.29 is 4.74 Å². The number of halogens is 1. The van der Waals surface area contributed by atoms with E-state index >= 15 is 0 Å². The molecule has 2 heterocycles. The zero-order chi connectivity index (χ0) is 13.5. The fourth-order valence-corrected chi connectivity index (χ4v) is 2.30. The molecule has 108 valence electrons. The molecule has 3 atom stereocenters. The van der Waals surface area contributed by atoms with Gasteiger partial charge in [-0.1, -0.05) is 0 Å². The minimum Gasteiger partial charge on any atom is -0.379 e. The Morgan fingerprint density at radius 3 is 3.26 bits per heavy atom. The molecule has 2 aliphatic rings. The van der Waals surface area contributed by atoms with Gasteiger partial charge in [-0.15, -0.1) is 11.6 Å². The van der Waals surface area contributed by atoms with Crippen molar-refractivity contribution in [3.8, 4) is 0 Å². The smallest absolute Gasteiger partial charge is 0.124 e. The van der Waals surface area contributed by atoms with Gasteiger partial charge in [-0.3, -0.25) is 10.3 Å². The van der Waals surface area contributed by atoms with Crippen LogP contribution in [0, 0.1) is 0 Å². The number of aliphatic imine (C=N–C) groups is 1. The second kappa shape index (κ2) is 7.69. The molecule has 1 fully saturated rings. The summed E-state index contributed by atoms with van der Waals surface area (Å²) in [6.45, 7) is 2.29. The predicted octanol–water partition coefficient (Wildman–Crippen LogP) is -0.290. The highest BCUT2D eigenvalue weighted by atomic mass is 35.5. The van der Waals surface area contributed by atoms with Gasteiger partial charge in [-0.25, -0.2) is 0 Å². The van der Waals surface area contributed by atoms with Crippen molar-refractivity contribution in [2.24, 2.45) is 10.7 Å². The van der Waals surface area contributed by atoms with E-state index in [2.05, 4.69) is 20.9 Å². The van der Waals surface area contributed by atoms with Crippen molar-refractivity contribution in [3.63, 3.8) is 0 Å². The molecule has 3 unspecified atom stereocenters. The first-order valence-electron chi connectivity index (χ1n) is 6.67. The van der Waals surface area contributed by atoms with Crippen LogP contribution in [-0.4, -0.2) is 50.2 Å². The van der Waals surface area contributed by atoms with Gasteiger partial charge >= 0.3 is 0 Å². The van der Waals surface area contributed by atoms with Gasteiger partial charge in [0.15, 0.2) is 0 Å². The predicted molar refractivity (Wildman–Crippen MR) is 77.2 cm³/mol. The zero-order valence-electron chi connectivity index (χ0n) is 10.9. The first kappa shape index (κ1) is 14.6. The molecule has 0 aromatic carbocycles. The molecule has 7 heteroatoms. The van der Waals surface area contributed by atoms with Gasteiger partial charge in [0.25, 0.3) is 0 Å². The number of ether oxygens (including phenoxy) is 1. The van der Waals surface area contributed by atoms with E-state index in [-0.39, 0.29) is 12.2 Å². The molecule has 0 spiro atoms. The fourth-order valence-electron chi connectivity index (χ4n) is 2.02. The summed E-state index contributed by atoms with van der Waals surface area (Å²) >= 11 is 5.66. The van der Waals surface area contributed by atoms with Crippen LogP contribution in [0.5, 0.6) is 0 Å². The Kier molecular flexibility index (Phi) is 5.91. The molecule has 2 aliphatic heterocycles. The molecule has 0 bridgehead atoms. The molecule has 0 amide bonds. The lowest BCUT2D eigenvalue weighted by Gasteiger charge is -2.22. The normalized spacial score (nSPS) is 27.8. The maximum absolute atomic E-state index is 5.90. The summed E-state index contributed by atoms with van der Waals surface area (Å²) < 4.78 is 5.34. The molecule has 6 nitrogen and oxygen atoms in total. The Labute approximate surface area is 118 Å². The maximum atomic E-state index is 5.90. The average molecular weight is 288 g/mol. The summed E-state index contributed by atoms with van der Waals surface area (Å²) in [6, 6.07) is 0.444. The highest BCUT2D eigenvalue weighted by molar-refractivity contribution is 6.17. The third-order valence-corrected chi connectivity index (χ3v) is 3.36. The average Bonchev–Trinajstić information content (AvgIpc) is 2.90. The first-order valence-corrected chi connectivity index (χ1v) is 7.20. The Balaban J connectivity index is 1.75. The maximum Gasteiger partial charge on any atom is 0.124 e. The molecule has 0 aromatic rings. The lowest BCUT2D eigenvalue weighted by Crippen LogP contribution is -2.43. The number of hydrogen-bond donors (Lipinski definition) is 4. The third kappa shape index (κ3) is 4.99. The lowest BCUT2D eigenvalue weighted by atomic mass is 10.2. The van der Waals surface area contributed by atoms with E-state index in [0.29, 0.717) is 18.5 Å². The summed E-state index contributed by atoms with van der Waals surface area (Å²) in [4.78, 5) is 4.30. The Bertz CT molecular complexity index is 330. The van der Waals surface area contributed by atoms with Crippen LogP contribution in [0.4, 0.5) is 0 Å². The summed E-state index contributed by atoms with van der Waals surface area (Å²) in [7, 11) is 0. The van der Waals surface area contributed by atoms with E-state index in [0.717, 1.165) is 31.9 Å². The molecular weight excluding hydrogens is 266 g/mol. The van der Waals surface area contributed by atoms with Crippen molar-refractivity contribution in [3.05, 3.63) is 11.9 Å². The van der Waals surface area contributed by atoms with Crippen LogP contribution >= 0.6 is 11.6 Å². The van der Waals surface area contributed by atoms with Crippen LogP contribution < -0.4 is 21.7 Å². The lowest BCUT2D eigenvalue weighted by molar-refractivity contribution is 0.191. The number of nitrogens with zero attached hydrogens (tertiary/aromatic N) is 1. The second-order valence-corrected chi connectivity index (χ2v) is 5.18. The fraction of sp³-hybridized carbons (Fsp3) is 0.750. The highest BCUT2D eigenvalue weighted by Gasteiger charge is 2.18. The molecule has 1 saturated heterocycles. The first-order chi connectivity index (χ1) is 9.28. The van der Waals surface area contributed by atoms with Gasteiger partial charge in [-0.05, 0) is 18.9 Å². The summed E-state index contributed by atoms with van der Waals surface area (Å²) in [5.41, 5.74) is 5.90. The van der Waals surface area contributed by atoms with Crippen molar-refractivity contribution in [1.82, 2.24) is 16.0 Å². The highest BCUT2D eigenvalue weighted by Crippen LogP contribution is 2.06. The minimum atomic E-state index is -0.0487. The van der Waals surface area contributed by atoms with Crippen LogP contribution in [0.3, 0.4) is 0 Å². The third-order valence-electron chi connectivity index (χ3n) is 3.14. The Morgan fingerprint density at radius 1 is 1.63 bits per heavy atom.